The molecule has 0 aromatic heterocycles. The van der Waals surface area contributed by atoms with Crippen LogP contribution in [-0.4, -0.2) is 46.7 Å². The summed E-state index contributed by atoms with van der Waals surface area (Å²) in [5, 5.41) is 0. The van der Waals surface area contributed by atoms with Gasteiger partial charge < -0.3 is 18.9 Å². The normalized spacial score (nSPS) is 19.6. The molecule has 0 amide bonds. The molecule has 156 valence electrons. The van der Waals surface area contributed by atoms with Crippen LogP contribution in [0.25, 0.3) is 0 Å². The molecule has 2 aliphatic heterocycles. The van der Waals surface area contributed by atoms with Crippen LogP contribution < -0.4 is 18.9 Å². The van der Waals surface area contributed by atoms with Gasteiger partial charge in [-0.2, -0.15) is 4.31 Å². The first-order chi connectivity index (χ1) is 14.0. The quantitative estimate of drug-likeness (QED) is 0.740. The molecule has 2 heterocycles. The first kappa shape index (κ1) is 19.8. The summed E-state index contributed by atoms with van der Waals surface area (Å²) < 4.78 is 50.4. The van der Waals surface area contributed by atoms with Crippen LogP contribution in [0.3, 0.4) is 0 Å². The van der Waals surface area contributed by atoms with E-state index in [4.69, 9.17) is 18.9 Å². The zero-order chi connectivity index (χ0) is 20.4. The van der Waals surface area contributed by atoms with E-state index >= 15 is 0 Å². The molecule has 0 bridgehead atoms. The summed E-state index contributed by atoms with van der Waals surface area (Å²) in [6.07, 6.45) is 2.38. The van der Waals surface area contributed by atoms with Gasteiger partial charge in [0.1, 0.15) is 0 Å². The van der Waals surface area contributed by atoms with Crippen molar-refractivity contribution in [2.24, 2.45) is 0 Å². The number of sulfonamides is 1. The van der Waals surface area contributed by atoms with Crippen LogP contribution in [0.2, 0.25) is 0 Å². The van der Waals surface area contributed by atoms with Gasteiger partial charge in [0.2, 0.25) is 10.0 Å². The summed E-state index contributed by atoms with van der Waals surface area (Å²) in [6, 6.07) is 10.1. The molecule has 2 aliphatic rings. The van der Waals surface area contributed by atoms with Crippen molar-refractivity contribution in [3.8, 4) is 23.0 Å². The minimum atomic E-state index is -3.70. The van der Waals surface area contributed by atoms with Crippen molar-refractivity contribution in [3.63, 3.8) is 0 Å². The van der Waals surface area contributed by atoms with E-state index < -0.39 is 10.0 Å². The molecule has 1 atom stereocenters. The van der Waals surface area contributed by atoms with Crippen LogP contribution >= 0.6 is 0 Å². The zero-order valence-corrected chi connectivity index (χ0v) is 17.4. The van der Waals surface area contributed by atoms with Crippen LogP contribution in [0.1, 0.15) is 30.9 Å². The van der Waals surface area contributed by atoms with Crippen molar-refractivity contribution in [1.29, 1.82) is 0 Å². The second-order valence-corrected chi connectivity index (χ2v) is 8.94. The van der Waals surface area contributed by atoms with E-state index in [9.17, 15) is 8.42 Å². The number of nitrogens with zero attached hydrogens (tertiary/aromatic N) is 1. The predicted molar refractivity (Wildman–Crippen MR) is 107 cm³/mol. The second kappa shape index (κ2) is 8.12. The monoisotopic (exact) mass is 419 g/mol. The molecule has 0 aliphatic carbocycles. The lowest BCUT2D eigenvalue weighted by molar-refractivity contribution is 0.296. The van der Waals surface area contributed by atoms with E-state index in [0.29, 0.717) is 42.8 Å². The summed E-state index contributed by atoms with van der Waals surface area (Å²) in [6.45, 7) is 1.68. The summed E-state index contributed by atoms with van der Waals surface area (Å²) in [7, 11) is -0.685. The average Bonchev–Trinajstić information content (AvgIpc) is 3.13. The summed E-state index contributed by atoms with van der Waals surface area (Å²) in [4.78, 5) is 0.191. The molecule has 0 N–H and O–H groups in total. The second-order valence-electron chi connectivity index (χ2n) is 7.05. The lowest BCUT2D eigenvalue weighted by Gasteiger charge is -2.25. The molecule has 1 saturated heterocycles. The van der Waals surface area contributed by atoms with Crippen LogP contribution in [0.4, 0.5) is 0 Å². The smallest absolute Gasteiger partial charge is 0.243 e. The summed E-state index contributed by atoms with van der Waals surface area (Å²) in [5.74, 6) is 2.26. The van der Waals surface area contributed by atoms with Crippen molar-refractivity contribution in [2.45, 2.75) is 30.2 Å². The third-order valence-electron chi connectivity index (χ3n) is 5.32. The van der Waals surface area contributed by atoms with Crippen molar-refractivity contribution in [1.82, 2.24) is 4.31 Å². The number of hydrogen-bond acceptors (Lipinski definition) is 6. The fourth-order valence-corrected chi connectivity index (χ4v) is 5.56. The highest BCUT2D eigenvalue weighted by molar-refractivity contribution is 7.89. The minimum absolute atomic E-state index is 0.191. The molecular weight excluding hydrogens is 394 g/mol. The highest BCUT2D eigenvalue weighted by atomic mass is 32.2. The minimum Gasteiger partial charge on any atom is -0.493 e. The highest BCUT2D eigenvalue weighted by Crippen LogP contribution is 2.41. The highest BCUT2D eigenvalue weighted by Gasteiger charge is 2.37. The largest absolute Gasteiger partial charge is 0.493 e. The van der Waals surface area contributed by atoms with E-state index in [1.54, 1.807) is 16.4 Å². The molecule has 0 unspecified atom stereocenters. The number of rotatable bonds is 5. The SMILES string of the molecule is COc1ccc(S(=O)(=O)N2CCC[C@@H]2c2ccc3c(c2)OCCCO3)cc1OC. The topological polar surface area (TPSA) is 74.3 Å². The van der Waals surface area contributed by atoms with Crippen LogP contribution in [0, 0.1) is 0 Å². The number of fused-ring (bicyclic) bond motifs is 1. The van der Waals surface area contributed by atoms with Crippen LogP contribution in [0.15, 0.2) is 41.3 Å². The van der Waals surface area contributed by atoms with Crippen molar-refractivity contribution >= 4 is 10.0 Å². The maximum Gasteiger partial charge on any atom is 0.243 e. The Morgan fingerprint density at radius 3 is 2.45 bits per heavy atom. The molecule has 2 aromatic carbocycles. The van der Waals surface area contributed by atoms with Crippen molar-refractivity contribution < 1.29 is 27.4 Å². The Bertz CT molecular complexity index is 991. The Kier molecular flexibility index (Phi) is 5.56. The van der Waals surface area contributed by atoms with Gasteiger partial charge in [0.15, 0.2) is 23.0 Å². The van der Waals surface area contributed by atoms with Crippen molar-refractivity contribution in [2.75, 3.05) is 34.0 Å². The molecule has 0 saturated carbocycles. The third-order valence-corrected chi connectivity index (χ3v) is 7.23. The fourth-order valence-electron chi connectivity index (χ4n) is 3.86. The van der Waals surface area contributed by atoms with E-state index in [-0.39, 0.29) is 10.9 Å². The Hall–Kier alpha value is -2.45. The van der Waals surface area contributed by atoms with Gasteiger partial charge in [0.05, 0.1) is 38.4 Å². The van der Waals surface area contributed by atoms with Gasteiger partial charge in [0, 0.05) is 19.0 Å². The Balaban J connectivity index is 1.67. The zero-order valence-electron chi connectivity index (χ0n) is 16.6. The number of hydrogen-bond donors (Lipinski definition) is 0. The number of ether oxygens (including phenoxy) is 4. The first-order valence-corrected chi connectivity index (χ1v) is 11.1. The molecule has 1 fully saturated rings. The van der Waals surface area contributed by atoms with Gasteiger partial charge in [-0.15, -0.1) is 0 Å². The molecule has 0 radical (unpaired) electrons. The standard InChI is InChI=1S/C21H25NO6S/c1-25-18-9-7-16(14-20(18)26-2)29(23,24)22-10-3-5-17(22)15-6-8-19-21(13-15)28-12-4-11-27-19/h6-9,13-14,17H,3-5,10-12H2,1-2H3/t17-/m1/s1. The van der Waals surface area contributed by atoms with E-state index in [1.165, 1.54) is 20.3 Å². The Morgan fingerprint density at radius 2 is 1.69 bits per heavy atom. The average molecular weight is 419 g/mol. The Morgan fingerprint density at radius 1 is 0.931 bits per heavy atom. The van der Waals surface area contributed by atoms with Gasteiger partial charge in [-0.25, -0.2) is 8.42 Å². The van der Waals surface area contributed by atoms with E-state index in [0.717, 1.165) is 24.8 Å². The third kappa shape index (κ3) is 3.74. The molecular formula is C21H25NO6S. The Labute approximate surface area is 171 Å². The fraction of sp³-hybridized carbons (Fsp3) is 0.429. The lowest BCUT2D eigenvalue weighted by Crippen LogP contribution is -2.30. The molecule has 0 spiro atoms. The lowest BCUT2D eigenvalue weighted by atomic mass is 10.0. The molecule has 7 nitrogen and oxygen atoms in total. The first-order valence-electron chi connectivity index (χ1n) is 9.68. The van der Waals surface area contributed by atoms with Gasteiger partial charge in [-0.05, 0) is 42.7 Å². The predicted octanol–water partition coefficient (Wildman–Crippen LogP) is 3.39. The maximum atomic E-state index is 13.4. The van der Waals surface area contributed by atoms with Gasteiger partial charge in [-0.3, -0.25) is 0 Å². The van der Waals surface area contributed by atoms with Crippen molar-refractivity contribution in [3.05, 3.63) is 42.0 Å². The molecule has 29 heavy (non-hydrogen) atoms. The van der Waals surface area contributed by atoms with E-state index in [1.807, 2.05) is 18.2 Å². The van der Waals surface area contributed by atoms with Crippen LogP contribution in [-0.2, 0) is 10.0 Å². The van der Waals surface area contributed by atoms with E-state index in [2.05, 4.69) is 0 Å². The number of benzene rings is 2. The molecule has 8 heteroatoms. The van der Waals surface area contributed by atoms with Gasteiger partial charge >= 0.3 is 0 Å². The number of methoxy groups -OCH3 is 2. The van der Waals surface area contributed by atoms with Crippen LogP contribution in [0.5, 0.6) is 23.0 Å². The molecule has 2 aromatic rings. The summed E-state index contributed by atoms with van der Waals surface area (Å²) in [5.41, 5.74) is 0.913. The maximum absolute atomic E-state index is 13.4. The van der Waals surface area contributed by atoms with Gasteiger partial charge in [-0.1, -0.05) is 6.07 Å². The summed E-state index contributed by atoms with van der Waals surface area (Å²) >= 11 is 0. The van der Waals surface area contributed by atoms with Gasteiger partial charge in [0.25, 0.3) is 0 Å². The molecule has 4 rings (SSSR count).